The van der Waals surface area contributed by atoms with Crippen molar-refractivity contribution in [3.8, 4) is 0 Å². The number of piperidine rings is 1. The Labute approximate surface area is 184 Å². The minimum absolute atomic E-state index is 0.213. The highest BCUT2D eigenvalue weighted by atomic mass is 16.5. The molecule has 0 radical (unpaired) electrons. The van der Waals surface area contributed by atoms with Gasteiger partial charge in [0.1, 0.15) is 0 Å². The zero-order chi connectivity index (χ0) is 21.4. The Hall–Kier alpha value is -0.680. The van der Waals surface area contributed by atoms with Crippen LogP contribution in [0.1, 0.15) is 78.1 Å². The van der Waals surface area contributed by atoms with Gasteiger partial charge in [-0.25, -0.2) is 0 Å². The van der Waals surface area contributed by atoms with Gasteiger partial charge in [0.2, 0.25) is 0 Å². The van der Waals surface area contributed by atoms with Crippen molar-refractivity contribution in [1.82, 2.24) is 4.90 Å². The van der Waals surface area contributed by atoms with Crippen molar-refractivity contribution >= 4 is 0 Å². The summed E-state index contributed by atoms with van der Waals surface area (Å²) in [7, 11) is 0. The highest BCUT2D eigenvalue weighted by Gasteiger charge is 2.43. The number of unbranched alkanes of at least 4 members (excludes halogenated alkanes) is 1. The number of rotatable bonds is 12. The van der Waals surface area contributed by atoms with Crippen molar-refractivity contribution < 1.29 is 14.9 Å². The average molecular weight is 420 g/mol. The number of nitrogens with zero attached hydrogens (tertiary/aromatic N) is 1. The molecule has 3 aliphatic rings. The quantitative estimate of drug-likeness (QED) is 0.355. The molecule has 0 unspecified atom stereocenters. The van der Waals surface area contributed by atoms with E-state index in [0.717, 1.165) is 51.7 Å². The minimum atomic E-state index is -0.628. The minimum Gasteiger partial charge on any atom is -0.392 e. The second-order valence-electron chi connectivity index (χ2n) is 10.3. The van der Waals surface area contributed by atoms with Crippen molar-refractivity contribution in [3.05, 3.63) is 23.8 Å². The van der Waals surface area contributed by atoms with Gasteiger partial charge in [-0.05, 0) is 82.4 Å². The van der Waals surface area contributed by atoms with Crippen LogP contribution in [0.15, 0.2) is 23.8 Å². The van der Waals surface area contributed by atoms with E-state index >= 15 is 0 Å². The summed E-state index contributed by atoms with van der Waals surface area (Å²) < 4.78 is 5.99. The molecule has 5 atom stereocenters. The third-order valence-corrected chi connectivity index (χ3v) is 7.43. The second-order valence-corrected chi connectivity index (χ2v) is 10.3. The maximum absolute atomic E-state index is 10.5. The average Bonchev–Trinajstić information content (AvgIpc) is 3.24. The maximum Gasteiger partial charge on any atom is 0.0676 e. The summed E-state index contributed by atoms with van der Waals surface area (Å²) in [4.78, 5) is 2.57. The lowest BCUT2D eigenvalue weighted by Gasteiger charge is -2.26. The molecule has 0 bridgehead atoms. The number of aliphatic hydroxyl groups excluding tert-OH is 1. The van der Waals surface area contributed by atoms with Crippen LogP contribution < -0.4 is 0 Å². The fraction of sp³-hybridized carbons (Fsp3) is 0.846. The van der Waals surface area contributed by atoms with Crippen LogP contribution in [0, 0.1) is 17.8 Å². The third-order valence-electron chi connectivity index (χ3n) is 7.43. The standard InChI is InChI=1S/C26H45NO3/c1-3-4-11-26(2,29)12-8-10-23-24-18-21(17-22(24)19-25(23)28)20-30-16-9-15-27-13-6-5-7-14-27/h8,10,17,22-25,28-29H,3-7,9,11-16,18-20H2,1-2H3/b10-8+/t22-,23+,24-,25+,26-/m0/s1. The lowest BCUT2D eigenvalue weighted by atomic mass is 9.88. The molecule has 3 rings (SSSR count). The topological polar surface area (TPSA) is 52.9 Å². The summed E-state index contributed by atoms with van der Waals surface area (Å²) in [6.45, 7) is 9.39. The molecular formula is C26H45NO3. The Morgan fingerprint density at radius 3 is 2.80 bits per heavy atom. The number of hydrogen-bond donors (Lipinski definition) is 2. The molecule has 2 fully saturated rings. The number of likely N-dealkylation sites (tertiary alicyclic amines) is 1. The highest BCUT2D eigenvalue weighted by Crippen LogP contribution is 2.47. The van der Waals surface area contributed by atoms with E-state index in [1.54, 1.807) is 0 Å². The molecule has 0 aromatic heterocycles. The molecule has 1 saturated heterocycles. The summed E-state index contributed by atoms with van der Waals surface area (Å²) in [6, 6.07) is 0. The Morgan fingerprint density at radius 1 is 1.23 bits per heavy atom. The summed E-state index contributed by atoms with van der Waals surface area (Å²) in [6.07, 6.45) is 17.3. The van der Waals surface area contributed by atoms with Crippen LogP contribution >= 0.6 is 0 Å². The van der Waals surface area contributed by atoms with Crippen LogP contribution in [-0.2, 0) is 4.74 Å². The second kappa shape index (κ2) is 11.8. The monoisotopic (exact) mass is 419 g/mol. The molecule has 1 aliphatic heterocycles. The first kappa shape index (κ1) is 24.0. The molecule has 2 N–H and O–H groups in total. The van der Waals surface area contributed by atoms with E-state index in [1.807, 2.05) is 6.92 Å². The van der Waals surface area contributed by atoms with E-state index in [4.69, 9.17) is 4.74 Å². The van der Waals surface area contributed by atoms with Crippen LogP contribution in [0.3, 0.4) is 0 Å². The molecule has 1 saturated carbocycles. The van der Waals surface area contributed by atoms with Crippen molar-refractivity contribution in [3.63, 3.8) is 0 Å². The van der Waals surface area contributed by atoms with E-state index in [1.165, 1.54) is 44.5 Å². The van der Waals surface area contributed by atoms with E-state index in [0.29, 0.717) is 18.3 Å². The largest absolute Gasteiger partial charge is 0.392 e. The van der Waals surface area contributed by atoms with Gasteiger partial charge in [-0.2, -0.15) is 0 Å². The smallest absolute Gasteiger partial charge is 0.0676 e. The van der Waals surface area contributed by atoms with E-state index in [-0.39, 0.29) is 12.0 Å². The van der Waals surface area contributed by atoms with Crippen LogP contribution in [0.5, 0.6) is 0 Å². The predicted octanol–water partition coefficient (Wildman–Crippen LogP) is 4.71. The Balaban J connectivity index is 1.36. The van der Waals surface area contributed by atoms with Crippen molar-refractivity contribution in [2.24, 2.45) is 17.8 Å². The molecule has 4 nitrogen and oxygen atoms in total. The van der Waals surface area contributed by atoms with E-state index in [9.17, 15) is 10.2 Å². The lowest BCUT2D eigenvalue weighted by molar-refractivity contribution is 0.0513. The molecule has 1 heterocycles. The summed E-state index contributed by atoms with van der Waals surface area (Å²) in [5, 5.41) is 21.0. The van der Waals surface area contributed by atoms with Gasteiger partial charge in [0.25, 0.3) is 0 Å². The number of allylic oxidation sites excluding steroid dienone is 1. The van der Waals surface area contributed by atoms with Gasteiger partial charge in [0.15, 0.2) is 0 Å². The summed E-state index contributed by atoms with van der Waals surface area (Å²) >= 11 is 0. The molecule has 0 aromatic carbocycles. The van der Waals surface area contributed by atoms with Gasteiger partial charge in [0, 0.05) is 19.1 Å². The van der Waals surface area contributed by atoms with Crippen LogP contribution in [0.2, 0.25) is 0 Å². The molecule has 30 heavy (non-hydrogen) atoms. The number of hydrogen-bond acceptors (Lipinski definition) is 4. The highest BCUT2D eigenvalue weighted by molar-refractivity contribution is 5.21. The van der Waals surface area contributed by atoms with Gasteiger partial charge in [0.05, 0.1) is 18.3 Å². The van der Waals surface area contributed by atoms with Crippen molar-refractivity contribution in [1.29, 1.82) is 0 Å². The maximum atomic E-state index is 10.5. The van der Waals surface area contributed by atoms with Gasteiger partial charge in [-0.3, -0.25) is 0 Å². The van der Waals surface area contributed by atoms with E-state index < -0.39 is 5.60 Å². The molecule has 0 spiro atoms. The first-order valence-corrected chi connectivity index (χ1v) is 12.6. The Morgan fingerprint density at radius 2 is 2.03 bits per heavy atom. The fourth-order valence-corrected chi connectivity index (χ4v) is 5.63. The normalized spacial score (nSPS) is 31.8. The van der Waals surface area contributed by atoms with Gasteiger partial charge in [-0.1, -0.05) is 44.4 Å². The molecule has 4 heteroatoms. The number of aliphatic hydroxyl groups is 2. The molecule has 172 valence electrons. The zero-order valence-corrected chi connectivity index (χ0v) is 19.4. The van der Waals surface area contributed by atoms with Gasteiger partial charge < -0.3 is 19.8 Å². The SMILES string of the molecule is CCCC[C@](C)(O)C/C=C/[C@@H]1[C@H]2CC(COCCCN3CCCCC3)=C[C@H]2C[C@H]1O. The molecular weight excluding hydrogens is 374 g/mol. The summed E-state index contributed by atoms with van der Waals surface area (Å²) in [5.74, 6) is 1.20. The van der Waals surface area contributed by atoms with Crippen molar-refractivity contribution in [2.75, 3.05) is 32.8 Å². The van der Waals surface area contributed by atoms with Crippen LogP contribution in [0.25, 0.3) is 0 Å². The fourth-order valence-electron chi connectivity index (χ4n) is 5.63. The van der Waals surface area contributed by atoms with Crippen molar-refractivity contribution in [2.45, 2.75) is 89.8 Å². The first-order valence-electron chi connectivity index (χ1n) is 12.6. The van der Waals surface area contributed by atoms with Gasteiger partial charge >= 0.3 is 0 Å². The van der Waals surface area contributed by atoms with Gasteiger partial charge in [-0.15, -0.1) is 0 Å². The van der Waals surface area contributed by atoms with Crippen LogP contribution in [-0.4, -0.2) is 59.7 Å². The molecule has 2 aliphatic carbocycles. The Bertz CT molecular complexity index is 565. The first-order chi connectivity index (χ1) is 14.5. The lowest BCUT2D eigenvalue weighted by Crippen LogP contribution is -2.31. The predicted molar refractivity (Wildman–Crippen MR) is 123 cm³/mol. The van der Waals surface area contributed by atoms with Crippen LogP contribution in [0.4, 0.5) is 0 Å². The number of fused-ring (bicyclic) bond motifs is 1. The zero-order valence-electron chi connectivity index (χ0n) is 19.4. The summed E-state index contributed by atoms with van der Waals surface area (Å²) in [5.41, 5.74) is 0.791. The third kappa shape index (κ3) is 7.19. The molecule has 0 amide bonds. The van der Waals surface area contributed by atoms with E-state index in [2.05, 4.69) is 30.1 Å². The molecule has 0 aromatic rings. The number of ether oxygens (including phenoxy) is 1. The Kier molecular flexibility index (Phi) is 9.43.